The molecule has 0 heterocycles. The van der Waals surface area contributed by atoms with Gasteiger partial charge in [0.1, 0.15) is 0 Å². The Morgan fingerprint density at radius 2 is 1.95 bits per heavy atom. The minimum atomic E-state index is -0.347. The average molecular weight is 281 g/mol. The Morgan fingerprint density at radius 3 is 2.47 bits per heavy atom. The molecule has 0 radical (unpaired) electrons. The number of benzene rings is 1. The molecule has 1 aliphatic rings. The standard InChI is InChI=1S/C15H21ClN2O/c1-11(12-4-6-13(16)7-5-12)18-14(19)15(10-17)8-2-3-9-15/h4-7,11H,2-3,8-10,17H2,1H3,(H,18,19)/t11-/m1/s1. The van der Waals surface area contributed by atoms with E-state index in [2.05, 4.69) is 5.32 Å². The van der Waals surface area contributed by atoms with Crippen molar-refractivity contribution in [2.75, 3.05) is 6.54 Å². The number of nitrogens with one attached hydrogen (secondary N) is 1. The summed E-state index contributed by atoms with van der Waals surface area (Å²) in [6, 6.07) is 7.55. The van der Waals surface area contributed by atoms with Gasteiger partial charge >= 0.3 is 0 Å². The Kier molecular flexibility index (Phi) is 4.48. The van der Waals surface area contributed by atoms with Crippen LogP contribution in [-0.2, 0) is 4.79 Å². The SMILES string of the molecule is C[C@@H](NC(=O)C1(CN)CCCC1)c1ccc(Cl)cc1. The Bertz CT molecular complexity index is 438. The molecule has 2 rings (SSSR count). The molecule has 19 heavy (non-hydrogen) atoms. The third kappa shape index (κ3) is 3.10. The number of hydrogen-bond acceptors (Lipinski definition) is 2. The summed E-state index contributed by atoms with van der Waals surface area (Å²) in [6.07, 6.45) is 4.01. The molecule has 104 valence electrons. The summed E-state index contributed by atoms with van der Waals surface area (Å²) in [4.78, 5) is 12.4. The first-order valence-electron chi connectivity index (χ1n) is 6.84. The summed E-state index contributed by atoms with van der Waals surface area (Å²) in [7, 11) is 0. The van der Waals surface area contributed by atoms with Crippen molar-refractivity contribution in [3.8, 4) is 0 Å². The van der Waals surface area contributed by atoms with Gasteiger partial charge in [-0.05, 0) is 37.5 Å². The molecule has 1 aliphatic carbocycles. The predicted octanol–water partition coefficient (Wildman–Crippen LogP) is 3.04. The van der Waals surface area contributed by atoms with Crippen LogP contribution in [0, 0.1) is 5.41 Å². The van der Waals surface area contributed by atoms with Crippen LogP contribution < -0.4 is 11.1 Å². The van der Waals surface area contributed by atoms with Crippen LogP contribution in [0.1, 0.15) is 44.2 Å². The number of amides is 1. The first-order valence-corrected chi connectivity index (χ1v) is 7.22. The number of carbonyl (C=O) groups is 1. The highest BCUT2D eigenvalue weighted by Gasteiger charge is 2.40. The molecule has 1 aromatic carbocycles. The van der Waals surface area contributed by atoms with Gasteiger partial charge in [-0.15, -0.1) is 0 Å². The lowest BCUT2D eigenvalue weighted by Gasteiger charge is -2.28. The van der Waals surface area contributed by atoms with Crippen molar-refractivity contribution in [2.24, 2.45) is 11.1 Å². The number of rotatable bonds is 4. The van der Waals surface area contributed by atoms with Crippen molar-refractivity contribution >= 4 is 17.5 Å². The van der Waals surface area contributed by atoms with E-state index in [1.54, 1.807) is 0 Å². The van der Waals surface area contributed by atoms with Crippen molar-refractivity contribution in [1.29, 1.82) is 0 Å². The molecule has 3 nitrogen and oxygen atoms in total. The fraction of sp³-hybridized carbons (Fsp3) is 0.533. The van der Waals surface area contributed by atoms with Gasteiger partial charge in [-0.25, -0.2) is 0 Å². The Labute approximate surface area is 119 Å². The highest BCUT2D eigenvalue weighted by Crippen LogP contribution is 2.37. The van der Waals surface area contributed by atoms with Gasteiger partial charge in [-0.1, -0.05) is 36.6 Å². The molecule has 4 heteroatoms. The van der Waals surface area contributed by atoms with E-state index in [1.807, 2.05) is 31.2 Å². The highest BCUT2D eigenvalue weighted by molar-refractivity contribution is 6.30. The van der Waals surface area contributed by atoms with Gasteiger partial charge in [-0.3, -0.25) is 4.79 Å². The number of halogens is 1. The van der Waals surface area contributed by atoms with E-state index in [0.717, 1.165) is 31.2 Å². The lowest BCUT2D eigenvalue weighted by molar-refractivity contribution is -0.131. The normalized spacial score (nSPS) is 19.1. The summed E-state index contributed by atoms with van der Waals surface area (Å²) < 4.78 is 0. The lowest BCUT2D eigenvalue weighted by atomic mass is 9.85. The van der Waals surface area contributed by atoms with Crippen molar-refractivity contribution < 1.29 is 4.79 Å². The minimum absolute atomic E-state index is 0.0196. The topological polar surface area (TPSA) is 55.1 Å². The maximum absolute atomic E-state index is 12.4. The second-order valence-electron chi connectivity index (χ2n) is 5.44. The van der Waals surface area contributed by atoms with Gasteiger partial charge in [0.25, 0.3) is 0 Å². The zero-order valence-electron chi connectivity index (χ0n) is 11.3. The summed E-state index contributed by atoms with van der Waals surface area (Å²) in [6.45, 7) is 2.42. The maximum Gasteiger partial charge on any atom is 0.227 e. The fourth-order valence-corrected chi connectivity index (χ4v) is 2.89. The number of hydrogen-bond donors (Lipinski definition) is 2. The maximum atomic E-state index is 12.4. The van der Waals surface area contributed by atoms with Gasteiger partial charge in [-0.2, -0.15) is 0 Å². The Morgan fingerprint density at radius 1 is 1.37 bits per heavy atom. The molecule has 0 unspecified atom stereocenters. The van der Waals surface area contributed by atoms with E-state index < -0.39 is 0 Å². The fourth-order valence-electron chi connectivity index (χ4n) is 2.76. The van der Waals surface area contributed by atoms with E-state index in [-0.39, 0.29) is 17.4 Å². The molecule has 1 aromatic rings. The smallest absolute Gasteiger partial charge is 0.227 e. The molecule has 1 atom stereocenters. The molecular formula is C15H21ClN2O. The quantitative estimate of drug-likeness (QED) is 0.891. The van der Waals surface area contributed by atoms with E-state index in [0.29, 0.717) is 11.6 Å². The molecule has 0 aromatic heterocycles. The van der Waals surface area contributed by atoms with E-state index >= 15 is 0 Å². The van der Waals surface area contributed by atoms with Crippen LogP contribution in [0.2, 0.25) is 5.02 Å². The second-order valence-corrected chi connectivity index (χ2v) is 5.87. The molecule has 1 amide bonds. The van der Waals surface area contributed by atoms with Crippen LogP contribution in [0.15, 0.2) is 24.3 Å². The zero-order valence-corrected chi connectivity index (χ0v) is 12.0. The van der Waals surface area contributed by atoms with E-state index in [1.165, 1.54) is 0 Å². The summed E-state index contributed by atoms with van der Waals surface area (Å²) >= 11 is 5.87. The molecule has 0 saturated heterocycles. The largest absolute Gasteiger partial charge is 0.349 e. The van der Waals surface area contributed by atoms with Crippen LogP contribution in [-0.4, -0.2) is 12.5 Å². The number of nitrogens with two attached hydrogens (primary N) is 1. The Balaban J connectivity index is 2.04. The third-order valence-corrected chi connectivity index (χ3v) is 4.40. The average Bonchev–Trinajstić information content (AvgIpc) is 2.89. The molecule has 3 N–H and O–H groups in total. The van der Waals surface area contributed by atoms with Crippen molar-refractivity contribution in [3.63, 3.8) is 0 Å². The summed E-state index contributed by atoms with van der Waals surface area (Å²) in [5, 5.41) is 3.79. The van der Waals surface area contributed by atoms with Crippen molar-refractivity contribution in [1.82, 2.24) is 5.32 Å². The highest BCUT2D eigenvalue weighted by atomic mass is 35.5. The molecule has 0 spiro atoms. The summed E-state index contributed by atoms with van der Waals surface area (Å²) in [5.74, 6) is 0.0925. The Hall–Kier alpha value is -1.06. The van der Waals surface area contributed by atoms with Crippen LogP contribution >= 0.6 is 11.6 Å². The van der Waals surface area contributed by atoms with Gasteiger partial charge in [0.2, 0.25) is 5.91 Å². The zero-order chi connectivity index (χ0) is 13.9. The van der Waals surface area contributed by atoms with Crippen LogP contribution in [0.25, 0.3) is 0 Å². The van der Waals surface area contributed by atoms with Crippen LogP contribution in [0.3, 0.4) is 0 Å². The van der Waals surface area contributed by atoms with Crippen LogP contribution in [0.5, 0.6) is 0 Å². The van der Waals surface area contributed by atoms with Crippen LogP contribution in [0.4, 0.5) is 0 Å². The molecule has 0 aliphatic heterocycles. The van der Waals surface area contributed by atoms with Crippen molar-refractivity contribution in [3.05, 3.63) is 34.9 Å². The van der Waals surface area contributed by atoms with E-state index in [4.69, 9.17) is 17.3 Å². The number of carbonyl (C=O) groups excluding carboxylic acids is 1. The molecular weight excluding hydrogens is 260 g/mol. The van der Waals surface area contributed by atoms with Crippen molar-refractivity contribution in [2.45, 2.75) is 38.6 Å². The molecule has 0 bridgehead atoms. The lowest BCUT2D eigenvalue weighted by Crippen LogP contribution is -2.44. The first-order chi connectivity index (χ1) is 9.07. The van der Waals surface area contributed by atoms with Gasteiger partial charge in [0.15, 0.2) is 0 Å². The van der Waals surface area contributed by atoms with Gasteiger partial charge < -0.3 is 11.1 Å². The molecule has 1 fully saturated rings. The molecule has 1 saturated carbocycles. The summed E-state index contributed by atoms with van der Waals surface area (Å²) in [5.41, 5.74) is 6.54. The predicted molar refractivity (Wildman–Crippen MR) is 78.0 cm³/mol. The minimum Gasteiger partial charge on any atom is -0.349 e. The first kappa shape index (κ1) is 14.4. The monoisotopic (exact) mass is 280 g/mol. The van der Waals surface area contributed by atoms with Gasteiger partial charge in [0.05, 0.1) is 11.5 Å². The van der Waals surface area contributed by atoms with E-state index in [9.17, 15) is 4.79 Å². The third-order valence-electron chi connectivity index (χ3n) is 4.15. The second kappa shape index (κ2) is 5.93. The van der Waals surface area contributed by atoms with Gasteiger partial charge in [0, 0.05) is 11.6 Å².